The maximum absolute atomic E-state index is 13.2. The number of fused-ring (bicyclic) bond motifs is 1. The second-order valence-electron chi connectivity index (χ2n) is 7.70. The summed E-state index contributed by atoms with van der Waals surface area (Å²) in [4.78, 5) is 24.8. The number of aryl methyl sites for hydroxylation is 1. The highest BCUT2D eigenvalue weighted by molar-refractivity contribution is 7.89. The van der Waals surface area contributed by atoms with Gasteiger partial charge >= 0.3 is 5.97 Å². The highest BCUT2D eigenvalue weighted by Crippen LogP contribution is 2.42. The largest absolute Gasteiger partial charge is 0.467 e. The van der Waals surface area contributed by atoms with Crippen LogP contribution in [0.15, 0.2) is 51.5 Å². The van der Waals surface area contributed by atoms with Gasteiger partial charge < -0.3 is 10.1 Å². The molecule has 0 bridgehead atoms. The van der Waals surface area contributed by atoms with E-state index < -0.39 is 21.5 Å². The number of ether oxygens (including phenoxy) is 1. The number of nitrogens with zero attached hydrogens (tertiary/aromatic N) is 1. The van der Waals surface area contributed by atoms with Crippen molar-refractivity contribution in [3.63, 3.8) is 0 Å². The van der Waals surface area contributed by atoms with Gasteiger partial charge in [0.25, 0.3) is 0 Å². The van der Waals surface area contributed by atoms with Gasteiger partial charge in [-0.25, -0.2) is 13.2 Å². The van der Waals surface area contributed by atoms with Gasteiger partial charge in [-0.3, -0.25) is 4.79 Å². The van der Waals surface area contributed by atoms with E-state index in [-0.39, 0.29) is 30.3 Å². The average molecular weight is 419 g/mol. The fourth-order valence-corrected chi connectivity index (χ4v) is 5.53. The van der Waals surface area contributed by atoms with E-state index in [4.69, 9.17) is 4.74 Å². The number of sulfonamides is 1. The molecule has 1 N–H and O–H groups in total. The molecule has 1 heterocycles. The Morgan fingerprint density at radius 3 is 2.21 bits per heavy atom. The lowest BCUT2D eigenvalue weighted by molar-refractivity contribution is -0.149. The van der Waals surface area contributed by atoms with Gasteiger partial charge in [-0.2, -0.15) is 4.31 Å². The van der Waals surface area contributed by atoms with Crippen molar-refractivity contribution in [2.75, 3.05) is 20.2 Å². The molecule has 1 saturated heterocycles. The van der Waals surface area contributed by atoms with Gasteiger partial charge in [-0.15, -0.1) is 0 Å². The van der Waals surface area contributed by atoms with E-state index in [9.17, 15) is 18.0 Å². The first-order valence-electron chi connectivity index (χ1n) is 9.36. The number of hydrogen-bond acceptors (Lipinski definition) is 5. The molecule has 0 unspecified atom stereocenters. The molecule has 0 aromatic heterocycles. The molecule has 0 radical (unpaired) electrons. The minimum atomic E-state index is -3.69. The number of amides is 1. The molecule has 156 valence electrons. The van der Waals surface area contributed by atoms with Crippen molar-refractivity contribution in [3.8, 4) is 0 Å². The monoisotopic (exact) mass is 418 g/mol. The lowest BCUT2D eigenvalue weighted by Crippen LogP contribution is -2.57. The summed E-state index contributed by atoms with van der Waals surface area (Å²) in [6.07, 6.45) is 0.252. The first-order chi connectivity index (χ1) is 13.5. The topological polar surface area (TPSA) is 92.8 Å². The Morgan fingerprint density at radius 1 is 1.07 bits per heavy atom. The van der Waals surface area contributed by atoms with Crippen LogP contribution >= 0.6 is 0 Å². The van der Waals surface area contributed by atoms with Crippen LogP contribution in [0.5, 0.6) is 0 Å². The van der Waals surface area contributed by atoms with Gasteiger partial charge in [0.2, 0.25) is 15.9 Å². The summed E-state index contributed by atoms with van der Waals surface area (Å²) >= 11 is 0. The molecule has 1 aliphatic carbocycles. The molecule has 8 heteroatoms. The van der Waals surface area contributed by atoms with E-state index in [1.165, 1.54) is 18.3 Å². The normalized spacial score (nSPS) is 22.5. The molecule has 29 heavy (non-hydrogen) atoms. The zero-order chi connectivity index (χ0) is 21.6. The Kier molecular flexibility index (Phi) is 5.44. The smallest absolute Gasteiger partial charge is 0.336 e. The van der Waals surface area contributed by atoms with Crippen LogP contribution in [0, 0.1) is 6.92 Å². The van der Waals surface area contributed by atoms with E-state index in [2.05, 4.69) is 5.32 Å². The minimum Gasteiger partial charge on any atom is -0.467 e. The molecule has 1 atom stereocenters. The molecular weight excluding hydrogens is 392 g/mol. The maximum atomic E-state index is 13.2. The van der Waals surface area contributed by atoms with Crippen molar-refractivity contribution in [1.82, 2.24) is 9.62 Å². The zero-order valence-electron chi connectivity index (χ0n) is 17.3. The second kappa shape index (κ2) is 7.42. The van der Waals surface area contributed by atoms with Crippen molar-refractivity contribution < 1.29 is 22.7 Å². The highest BCUT2D eigenvalue weighted by atomic mass is 32.2. The first kappa shape index (κ1) is 21.3. The lowest BCUT2D eigenvalue weighted by atomic mass is 9.75. The Hall–Kier alpha value is -2.45. The number of carbonyl (C=O) groups excluding carboxylic acids is 2. The number of hydrogen-bond donors (Lipinski definition) is 1. The summed E-state index contributed by atoms with van der Waals surface area (Å²) in [6.45, 7) is 7.26. The van der Waals surface area contributed by atoms with Gasteiger partial charge in [0.15, 0.2) is 5.54 Å². The van der Waals surface area contributed by atoms with Crippen molar-refractivity contribution in [2.24, 2.45) is 0 Å². The third-order valence-corrected chi connectivity index (χ3v) is 7.56. The van der Waals surface area contributed by atoms with E-state index in [0.29, 0.717) is 5.57 Å². The lowest BCUT2D eigenvalue weighted by Gasteiger charge is -2.37. The summed E-state index contributed by atoms with van der Waals surface area (Å²) in [5.74, 6) is -0.912. The van der Waals surface area contributed by atoms with Crippen LogP contribution in [-0.4, -0.2) is 50.3 Å². The van der Waals surface area contributed by atoms with Crippen molar-refractivity contribution in [2.45, 2.75) is 44.6 Å². The molecule has 7 nitrogen and oxygen atoms in total. The second-order valence-corrected chi connectivity index (χ2v) is 9.64. The van der Waals surface area contributed by atoms with Gasteiger partial charge in [0.1, 0.15) is 0 Å². The fourth-order valence-electron chi connectivity index (χ4n) is 4.15. The first-order valence-corrected chi connectivity index (χ1v) is 10.8. The molecule has 0 spiro atoms. The summed E-state index contributed by atoms with van der Waals surface area (Å²) in [7, 11) is -2.41. The summed E-state index contributed by atoms with van der Waals surface area (Å²) < 4.78 is 32.7. The predicted molar refractivity (Wildman–Crippen MR) is 109 cm³/mol. The number of methoxy groups -OCH3 is 1. The molecule has 1 fully saturated rings. The molecule has 1 aliphatic heterocycles. The molecule has 1 amide bonds. The summed E-state index contributed by atoms with van der Waals surface area (Å²) in [6, 6.07) is 6.74. The number of carbonyl (C=O) groups is 2. The van der Waals surface area contributed by atoms with Crippen LogP contribution in [-0.2, 0) is 24.3 Å². The minimum absolute atomic E-state index is 0.146. The van der Waals surface area contributed by atoms with Gasteiger partial charge in [0.05, 0.1) is 12.0 Å². The Labute approximate surface area is 171 Å². The Balaban J connectivity index is 2.06. The summed E-state index contributed by atoms with van der Waals surface area (Å²) in [5.41, 5.74) is 2.83. The summed E-state index contributed by atoms with van der Waals surface area (Å²) in [5, 5.41) is 2.76. The predicted octanol–water partition coefficient (Wildman–Crippen LogP) is 2.08. The number of benzene rings is 1. The third kappa shape index (κ3) is 3.51. The molecule has 3 rings (SSSR count). The molecule has 2 aliphatic rings. The van der Waals surface area contributed by atoms with E-state index in [1.807, 2.05) is 13.8 Å². The Morgan fingerprint density at radius 2 is 1.66 bits per heavy atom. The van der Waals surface area contributed by atoms with Crippen LogP contribution in [0.25, 0.3) is 0 Å². The van der Waals surface area contributed by atoms with Crippen LogP contribution < -0.4 is 5.32 Å². The quantitative estimate of drug-likeness (QED) is 0.756. The highest BCUT2D eigenvalue weighted by Gasteiger charge is 2.49. The SMILES string of the molecule is COC(=O)[C@]1(NC(C)=O)CC(C)=C2CN(S(=O)(=O)c3ccc(C)cc3)CC2=C1C. The Bertz CT molecular complexity index is 1040. The number of rotatable bonds is 4. The maximum Gasteiger partial charge on any atom is 0.336 e. The fraction of sp³-hybridized carbons (Fsp3) is 0.429. The molecule has 1 aromatic rings. The van der Waals surface area contributed by atoms with Crippen LogP contribution in [0.2, 0.25) is 0 Å². The number of esters is 1. The average Bonchev–Trinajstić information content (AvgIpc) is 3.12. The van der Waals surface area contributed by atoms with Crippen LogP contribution in [0.1, 0.15) is 32.8 Å². The zero-order valence-corrected chi connectivity index (χ0v) is 18.1. The van der Waals surface area contributed by atoms with Crippen LogP contribution in [0.4, 0.5) is 0 Å². The van der Waals surface area contributed by atoms with Gasteiger partial charge in [0, 0.05) is 26.4 Å². The van der Waals surface area contributed by atoms with Crippen LogP contribution in [0.3, 0.4) is 0 Å². The standard InChI is InChI=1S/C21H26N2O5S/c1-13-6-8-17(9-7-13)29(26,27)23-11-18-14(2)10-21(20(25)28-5,22-16(4)24)15(3)19(18)12-23/h6-9H,10-12H2,1-5H3,(H,22,24)/t21-/m0/s1. The van der Waals surface area contributed by atoms with E-state index >= 15 is 0 Å². The molecular formula is C21H26N2O5S. The molecule has 0 saturated carbocycles. The molecule has 1 aromatic carbocycles. The number of nitrogens with one attached hydrogen (secondary N) is 1. The van der Waals surface area contributed by atoms with Crippen molar-refractivity contribution in [1.29, 1.82) is 0 Å². The van der Waals surface area contributed by atoms with Gasteiger partial charge in [-0.05, 0) is 49.6 Å². The van der Waals surface area contributed by atoms with E-state index in [1.54, 1.807) is 31.2 Å². The van der Waals surface area contributed by atoms with Gasteiger partial charge in [-0.1, -0.05) is 23.3 Å². The van der Waals surface area contributed by atoms with Crippen molar-refractivity contribution >= 4 is 21.9 Å². The third-order valence-electron chi connectivity index (χ3n) is 5.75. The van der Waals surface area contributed by atoms with Crippen molar-refractivity contribution in [3.05, 3.63) is 52.1 Å². The van der Waals surface area contributed by atoms with E-state index in [0.717, 1.165) is 22.3 Å².